The van der Waals surface area contributed by atoms with Crippen molar-refractivity contribution in [2.45, 2.75) is 59.1 Å². The number of benzene rings is 5. The molecule has 0 aliphatic rings. The van der Waals surface area contributed by atoms with Crippen LogP contribution in [0.2, 0.25) is 5.02 Å². The number of halogens is 1. The van der Waals surface area contributed by atoms with E-state index in [9.17, 15) is 4.79 Å². The van der Waals surface area contributed by atoms with Crippen LogP contribution >= 0.6 is 35.1 Å². The largest absolute Gasteiger partial charge is 0.494 e. The first-order valence-electron chi connectivity index (χ1n) is 15.4. The van der Waals surface area contributed by atoms with Crippen molar-refractivity contribution in [3.05, 3.63) is 131 Å². The zero-order valence-electron chi connectivity index (χ0n) is 25.6. The molecule has 0 unspecified atom stereocenters. The van der Waals surface area contributed by atoms with Gasteiger partial charge in [-0.1, -0.05) is 104 Å². The molecule has 0 aromatic heterocycles. The molecule has 6 heteroatoms. The van der Waals surface area contributed by atoms with Gasteiger partial charge in [0.1, 0.15) is 11.5 Å². The molecule has 0 N–H and O–H groups in total. The summed E-state index contributed by atoms with van der Waals surface area (Å²) in [5.74, 6) is 1.74. The lowest BCUT2D eigenvalue weighted by molar-refractivity contribution is 0.103. The Kier molecular flexibility index (Phi) is 12.1. The van der Waals surface area contributed by atoms with Crippen LogP contribution in [0.15, 0.2) is 135 Å². The molecule has 230 valence electrons. The van der Waals surface area contributed by atoms with Crippen molar-refractivity contribution in [1.29, 1.82) is 0 Å². The molecule has 0 bridgehead atoms. The number of rotatable bonds is 15. The Hall–Kier alpha value is -3.64. The van der Waals surface area contributed by atoms with Crippen molar-refractivity contribution in [3.63, 3.8) is 0 Å². The third-order valence-electron chi connectivity index (χ3n) is 7.16. The molecular weight excluding hydrogens is 616 g/mol. The summed E-state index contributed by atoms with van der Waals surface area (Å²) < 4.78 is 11.9. The maximum absolute atomic E-state index is 12.9. The molecule has 0 atom stereocenters. The van der Waals surface area contributed by atoms with Crippen molar-refractivity contribution in [2.24, 2.45) is 0 Å². The average molecular weight is 653 g/mol. The molecule has 3 nitrogen and oxygen atoms in total. The van der Waals surface area contributed by atoms with Gasteiger partial charge in [-0.25, -0.2) is 0 Å². The van der Waals surface area contributed by atoms with Gasteiger partial charge in [0.2, 0.25) is 0 Å². The molecule has 45 heavy (non-hydrogen) atoms. The van der Waals surface area contributed by atoms with E-state index in [1.165, 1.54) is 0 Å². The zero-order valence-corrected chi connectivity index (χ0v) is 28.0. The Bertz CT molecular complexity index is 1690. The van der Waals surface area contributed by atoms with Crippen molar-refractivity contribution < 1.29 is 14.3 Å². The first-order chi connectivity index (χ1) is 22.0. The molecule has 0 spiro atoms. The van der Waals surface area contributed by atoms with E-state index < -0.39 is 0 Å². The Labute approximate surface area is 280 Å². The maximum Gasteiger partial charge on any atom is 0.193 e. The normalized spacial score (nSPS) is 10.9. The lowest BCUT2D eigenvalue weighted by atomic mass is 10.0. The van der Waals surface area contributed by atoms with Gasteiger partial charge in [0.05, 0.1) is 18.2 Å². The van der Waals surface area contributed by atoms with Crippen molar-refractivity contribution in [3.8, 4) is 22.6 Å². The van der Waals surface area contributed by atoms with Crippen LogP contribution in [-0.2, 0) is 0 Å². The molecule has 0 saturated heterocycles. The van der Waals surface area contributed by atoms with Crippen LogP contribution in [0, 0.1) is 0 Å². The predicted octanol–water partition coefficient (Wildman–Crippen LogP) is 11.9. The van der Waals surface area contributed by atoms with Crippen LogP contribution in [0.4, 0.5) is 0 Å². The molecule has 0 aliphatic carbocycles. The molecule has 0 amide bonds. The highest BCUT2D eigenvalue weighted by Gasteiger charge is 2.13. The van der Waals surface area contributed by atoms with E-state index in [-0.39, 0.29) is 5.78 Å². The van der Waals surface area contributed by atoms with Gasteiger partial charge in [-0.3, -0.25) is 4.79 Å². The first kappa shape index (κ1) is 32.7. The van der Waals surface area contributed by atoms with Crippen molar-refractivity contribution in [1.82, 2.24) is 0 Å². The summed E-state index contributed by atoms with van der Waals surface area (Å²) in [6, 6.07) is 37.9. The number of hydrogen-bond acceptors (Lipinski definition) is 5. The van der Waals surface area contributed by atoms with E-state index in [1.807, 2.05) is 54.6 Å². The molecule has 5 aromatic rings. The van der Waals surface area contributed by atoms with E-state index in [4.69, 9.17) is 21.1 Å². The maximum atomic E-state index is 12.9. The van der Waals surface area contributed by atoms with E-state index in [2.05, 4.69) is 68.4 Å². The molecule has 0 saturated carbocycles. The van der Waals surface area contributed by atoms with E-state index >= 15 is 0 Å². The third kappa shape index (κ3) is 9.20. The Morgan fingerprint density at radius 3 is 1.84 bits per heavy atom. The van der Waals surface area contributed by atoms with E-state index in [0.717, 1.165) is 74.5 Å². The first-order valence-corrected chi connectivity index (χ1v) is 17.4. The van der Waals surface area contributed by atoms with Crippen LogP contribution in [0.25, 0.3) is 11.1 Å². The summed E-state index contributed by atoms with van der Waals surface area (Å²) in [7, 11) is 0. The summed E-state index contributed by atoms with van der Waals surface area (Å²) in [5.41, 5.74) is 3.46. The number of ether oxygens (including phenoxy) is 2. The highest BCUT2D eigenvalue weighted by atomic mass is 35.5. The van der Waals surface area contributed by atoms with Crippen molar-refractivity contribution >= 4 is 40.9 Å². The number of ketones is 1. The molecule has 0 aliphatic heterocycles. The summed E-state index contributed by atoms with van der Waals surface area (Å²) in [6.07, 6.45) is 4.29. The topological polar surface area (TPSA) is 35.5 Å². The fraction of sp³-hybridized carbons (Fsp3) is 0.205. The zero-order chi connectivity index (χ0) is 31.4. The van der Waals surface area contributed by atoms with Gasteiger partial charge in [0.15, 0.2) is 5.78 Å². The lowest BCUT2D eigenvalue weighted by Gasteiger charge is -2.14. The van der Waals surface area contributed by atoms with Gasteiger partial charge < -0.3 is 9.47 Å². The standard InChI is InChI=1S/C39H37ClO3S2/c1-3-5-24-42-31-15-20-34(21-16-31)44-37-23-17-32(43-25-6-4-2)27-35(37)28-12-18-33(19-13-28)45-38-22-14-30(26-36(38)40)39(41)29-10-8-7-9-11-29/h7-23,26-27H,3-6,24-25H2,1-2H3. The van der Waals surface area contributed by atoms with Gasteiger partial charge in [-0.2, -0.15) is 0 Å². The van der Waals surface area contributed by atoms with E-state index in [0.29, 0.717) is 22.8 Å². The highest BCUT2D eigenvalue weighted by molar-refractivity contribution is 7.99. The fourth-order valence-electron chi connectivity index (χ4n) is 4.62. The molecule has 0 radical (unpaired) electrons. The van der Waals surface area contributed by atoms with Crippen LogP contribution in [0.1, 0.15) is 55.5 Å². The molecule has 0 fully saturated rings. The summed E-state index contributed by atoms with van der Waals surface area (Å²) in [5, 5.41) is 0.559. The molecule has 5 rings (SSSR count). The van der Waals surface area contributed by atoms with Gasteiger partial charge in [-0.15, -0.1) is 0 Å². The lowest BCUT2D eigenvalue weighted by Crippen LogP contribution is -2.00. The number of carbonyl (C=O) groups excluding carboxylic acids is 1. The van der Waals surface area contributed by atoms with Gasteiger partial charge >= 0.3 is 0 Å². The van der Waals surface area contributed by atoms with Gasteiger partial charge in [0, 0.05) is 30.7 Å². The summed E-state index contributed by atoms with van der Waals surface area (Å²) in [6.45, 7) is 5.78. The van der Waals surface area contributed by atoms with Crippen LogP contribution in [0.5, 0.6) is 11.5 Å². The molecule has 5 aromatic carbocycles. The Balaban J connectivity index is 1.33. The van der Waals surface area contributed by atoms with Gasteiger partial charge in [0.25, 0.3) is 0 Å². The monoisotopic (exact) mass is 652 g/mol. The van der Waals surface area contributed by atoms with Crippen LogP contribution in [0.3, 0.4) is 0 Å². The average Bonchev–Trinajstić information content (AvgIpc) is 3.08. The minimum absolute atomic E-state index is 0.0377. The summed E-state index contributed by atoms with van der Waals surface area (Å²) >= 11 is 9.96. The second-order valence-electron chi connectivity index (χ2n) is 10.6. The second kappa shape index (κ2) is 16.6. The minimum Gasteiger partial charge on any atom is -0.494 e. The molecular formula is C39H37ClO3S2. The number of carbonyl (C=O) groups is 1. The second-order valence-corrected chi connectivity index (χ2v) is 13.2. The smallest absolute Gasteiger partial charge is 0.193 e. The van der Waals surface area contributed by atoms with Crippen LogP contribution in [-0.4, -0.2) is 19.0 Å². The van der Waals surface area contributed by atoms with Crippen molar-refractivity contribution in [2.75, 3.05) is 13.2 Å². The number of unbranched alkanes of at least 4 members (excludes halogenated alkanes) is 2. The SMILES string of the molecule is CCCCOc1ccc(Sc2ccc(OCCCC)cc2-c2ccc(Sc3ccc(C(=O)c4ccccc4)cc3Cl)cc2)cc1. The molecule has 0 heterocycles. The fourth-order valence-corrected chi connectivity index (χ4v) is 6.69. The third-order valence-corrected chi connectivity index (χ3v) is 9.75. The van der Waals surface area contributed by atoms with Crippen LogP contribution < -0.4 is 9.47 Å². The summed E-state index contributed by atoms with van der Waals surface area (Å²) in [4.78, 5) is 17.1. The number of hydrogen-bond donors (Lipinski definition) is 0. The van der Waals surface area contributed by atoms with Gasteiger partial charge in [-0.05, 0) is 96.8 Å². The Morgan fingerprint density at radius 2 is 1.20 bits per heavy atom. The Morgan fingerprint density at radius 1 is 0.622 bits per heavy atom. The highest BCUT2D eigenvalue weighted by Crippen LogP contribution is 2.40. The minimum atomic E-state index is -0.0377. The van der Waals surface area contributed by atoms with E-state index in [1.54, 1.807) is 29.6 Å². The quantitative estimate of drug-likeness (QED) is 0.0830. The predicted molar refractivity (Wildman–Crippen MR) is 189 cm³/mol.